The molecular formula is C17H28N4O2S. The molecule has 24 heavy (non-hydrogen) atoms. The summed E-state index contributed by atoms with van der Waals surface area (Å²) in [4.78, 5) is 4.60. The predicted octanol–water partition coefficient (Wildman–Crippen LogP) is 1.39. The van der Waals surface area contributed by atoms with Crippen molar-refractivity contribution in [2.45, 2.75) is 33.7 Å². The van der Waals surface area contributed by atoms with Crippen molar-refractivity contribution in [3.05, 3.63) is 34.9 Å². The molecule has 2 N–H and O–H groups in total. The topological polar surface area (TPSA) is 73.8 Å². The van der Waals surface area contributed by atoms with Gasteiger partial charge in [0.2, 0.25) is 10.0 Å². The van der Waals surface area contributed by atoms with Crippen LogP contribution >= 0.6 is 0 Å². The molecule has 1 fully saturated rings. The van der Waals surface area contributed by atoms with Gasteiger partial charge in [-0.1, -0.05) is 23.8 Å². The van der Waals surface area contributed by atoms with Crippen molar-refractivity contribution in [3.8, 4) is 0 Å². The molecule has 0 spiro atoms. The monoisotopic (exact) mass is 352 g/mol. The molecular weight excluding hydrogens is 324 g/mol. The molecule has 0 amide bonds. The minimum Gasteiger partial charge on any atom is -0.357 e. The molecule has 1 aromatic carbocycles. The Hall–Kier alpha value is -1.60. The summed E-state index contributed by atoms with van der Waals surface area (Å²) in [6, 6.07) is 6.36. The maximum Gasteiger partial charge on any atom is 0.214 e. The number of hydrogen-bond donors (Lipinski definition) is 2. The number of aliphatic imine (C=N–C) groups is 1. The van der Waals surface area contributed by atoms with Gasteiger partial charge in [0.1, 0.15) is 0 Å². The summed E-state index contributed by atoms with van der Waals surface area (Å²) in [6.07, 6.45) is 0.725. The summed E-state index contributed by atoms with van der Waals surface area (Å²) in [6.45, 7) is 9.21. The lowest BCUT2D eigenvalue weighted by molar-refractivity contribution is 0.445. The second-order valence-corrected chi connectivity index (χ2v) is 8.21. The number of rotatable bonds is 6. The number of guanidine groups is 1. The van der Waals surface area contributed by atoms with Gasteiger partial charge < -0.3 is 10.6 Å². The molecule has 0 aromatic heterocycles. The van der Waals surface area contributed by atoms with Gasteiger partial charge in [0.25, 0.3) is 0 Å². The van der Waals surface area contributed by atoms with Crippen LogP contribution in [0.25, 0.3) is 0 Å². The van der Waals surface area contributed by atoms with Crippen LogP contribution in [0.1, 0.15) is 30.0 Å². The zero-order chi connectivity index (χ0) is 17.6. The smallest absolute Gasteiger partial charge is 0.214 e. The maximum absolute atomic E-state index is 11.8. The highest BCUT2D eigenvalue weighted by Crippen LogP contribution is 2.12. The predicted molar refractivity (Wildman–Crippen MR) is 98.7 cm³/mol. The Balaban J connectivity index is 1.91. The van der Waals surface area contributed by atoms with Gasteiger partial charge in [-0.2, -0.15) is 0 Å². The number of hydrogen-bond acceptors (Lipinski definition) is 3. The van der Waals surface area contributed by atoms with Gasteiger partial charge in [0, 0.05) is 26.2 Å². The highest BCUT2D eigenvalue weighted by Gasteiger charge is 2.27. The number of nitrogens with one attached hydrogen (secondary N) is 2. The third-order valence-electron chi connectivity index (χ3n) is 4.11. The number of benzene rings is 1. The summed E-state index contributed by atoms with van der Waals surface area (Å²) in [5.74, 6) is 0.988. The molecule has 2 rings (SSSR count). The quantitative estimate of drug-likeness (QED) is 0.599. The van der Waals surface area contributed by atoms with E-state index in [1.807, 2.05) is 6.92 Å². The Labute approximate surface area is 145 Å². The van der Waals surface area contributed by atoms with Crippen LogP contribution in [-0.2, 0) is 16.6 Å². The van der Waals surface area contributed by atoms with Crippen LogP contribution < -0.4 is 10.6 Å². The minimum absolute atomic E-state index is 0.272. The third kappa shape index (κ3) is 5.21. The number of sulfonamides is 1. The van der Waals surface area contributed by atoms with Gasteiger partial charge in [-0.3, -0.25) is 0 Å². The first kappa shape index (κ1) is 18.7. The zero-order valence-electron chi connectivity index (χ0n) is 14.8. The molecule has 0 saturated carbocycles. The lowest BCUT2D eigenvalue weighted by Crippen LogP contribution is -2.42. The van der Waals surface area contributed by atoms with Crippen LogP contribution in [0.5, 0.6) is 0 Å². The van der Waals surface area contributed by atoms with Gasteiger partial charge in [-0.05, 0) is 38.3 Å². The normalized spacial score (nSPS) is 17.9. The standard InChI is InChI=1S/C17H28N4O2S/c1-4-18-17(19-8-10-21-9-5-11-24(21,22)23)20-13-16-7-6-14(2)12-15(16)3/h6-7,12H,4-5,8-11,13H2,1-3H3,(H2,18,19,20). The van der Waals surface area contributed by atoms with E-state index >= 15 is 0 Å². The number of nitrogens with zero attached hydrogens (tertiary/aromatic N) is 2. The van der Waals surface area contributed by atoms with E-state index in [-0.39, 0.29) is 5.75 Å². The molecule has 1 aromatic rings. The van der Waals surface area contributed by atoms with E-state index in [2.05, 4.69) is 47.7 Å². The van der Waals surface area contributed by atoms with Crippen molar-refractivity contribution in [3.63, 3.8) is 0 Å². The largest absolute Gasteiger partial charge is 0.357 e. The van der Waals surface area contributed by atoms with E-state index in [4.69, 9.17) is 0 Å². The molecule has 1 aliphatic heterocycles. The van der Waals surface area contributed by atoms with E-state index in [9.17, 15) is 8.42 Å². The molecule has 1 saturated heterocycles. The van der Waals surface area contributed by atoms with E-state index in [0.717, 1.165) is 13.0 Å². The second kappa shape index (κ2) is 8.48. The van der Waals surface area contributed by atoms with E-state index in [1.54, 1.807) is 4.31 Å². The summed E-state index contributed by atoms with van der Waals surface area (Å²) in [7, 11) is -3.03. The third-order valence-corrected chi connectivity index (χ3v) is 6.06. The molecule has 1 aliphatic rings. The van der Waals surface area contributed by atoms with Crippen molar-refractivity contribution in [2.24, 2.45) is 4.99 Å². The SMILES string of the molecule is CCNC(=NCc1ccc(C)cc1C)NCCN1CCCS1(=O)=O. The van der Waals surface area contributed by atoms with Gasteiger partial charge in [0.15, 0.2) is 5.96 Å². The Morgan fingerprint density at radius 3 is 2.71 bits per heavy atom. The molecule has 0 atom stereocenters. The lowest BCUT2D eigenvalue weighted by Gasteiger charge is -2.16. The molecule has 7 heteroatoms. The van der Waals surface area contributed by atoms with Gasteiger partial charge in [-0.25, -0.2) is 17.7 Å². The van der Waals surface area contributed by atoms with Crippen LogP contribution in [0.2, 0.25) is 0 Å². The van der Waals surface area contributed by atoms with Gasteiger partial charge in [0.05, 0.1) is 12.3 Å². The van der Waals surface area contributed by atoms with Crippen LogP contribution in [0.4, 0.5) is 0 Å². The van der Waals surface area contributed by atoms with Crippen molar-refractivity contribution < 1.29 is 8.42 Å². The van der Waals surface area contributed by atoms with E-state index < -0.39 is 10.0 Å². The molecule has 6 nitrogen and oxygen atoms in total. The summed E-state index contributed by atoms with van der Waals surface area (Å²) >= 11 is 0. The van der Waals surface area contributed by atoms with Gasteiger partial charge >= 0.3 is 0 Å². The van der Waals surface area contributed by atoms with Crippen molar-refractivity contribution in [1.29, 1.82) is 0 Å². The minimum atomic E-state index is -3.03. The van der Waals surface area contributed by atoms with Crippen molar-refractivity contribution >= 4 is 16.0 Å². The Morgan fingerprint density at radius 2 is 2.08 bits per heavy atom. The van der Waals surface area contributed by atoms with Crippen LogP contribution in [0, 0.1) is 13.8 Å². The molecule has 134 valence electrons. The van der Waals surface area contributed by atoms with Gasteiger partial charge in [-0.15, -0.1) is 0 Å². The second-order valence-electron chi connectivity index (χ2n) is 6.12. The Kier molecular flexibility index (Phi) is 6.62. The highest BCUT2D eigenvalue weighted by atomic mass is 32.2. The molecule has 1 heterocycles. The van der Waals surface area contributed by atoms with Crippen LogP contribution in [0.3, 0.4) is 0 Å². The fraction of sp³-hybridized carbons (Fsp3) is 0.588. The molecule has 0 unspecified atom stereocenters. The van der Waals surface area contributed by atoms with Crippen LogP contribution in [-0.4, -0.2) is 50.6 Å². The first-order valence-corrected chi connectivity index (χ1v) is 10.1. The maximum atomic E-state index is 11.8. The Morgan fingerprint density at radius 1 is 1.29 bits per heavy atom. The van der Waals surface area contributed by atoms with E-state index in [0.29, 0.717) is 32.1 Å². The molecule has 0 bridgehead atoms. The van der Waals surface area contributed by atoms with Crippen molar-refractivity contribution in [2.75, 3.05) is 31.9 Å². The highest BCUT2D eigenvalue weighted by molar-refractivity contribution is 7.89. The fourth-order valence-electron chi connectivity index (χ4n) is 2.77. The summed E-state index contributed by atoms with van der Waals surface area (Å²) in [5, 5.41) is 6.42. The number of aryl methyl sites for hydroxylation is 2. The summed E-state index contributed by atoms with van der Waals surface area (Å²) in [5.41, 5.74) is 3.68. The lowest BCUT2D eigenvalue weighted by atomic mass is 10.1. The van der Waals surface area contributed by atoms with Crippen LogP contribution in [0.15, 0.2) is 23.2 Å². The van der Waals surface area contributed by atoms with E-state index in [1.165, 1.54) is 16.7 Å². The molecule has 0 radical (unpaired) electrons. The first-order chi connectivity index (χ1) is 11.4. The Bertz CT molecular complexity index is 686. The summed E-state index contributed by atoms with van der Waals surface area (Å²) < 4.78 is 25.1. The first-order valence-electron chi connectivity index (χ1n) is 8.48. The zero-order valence-corrected chi connectivity index (χ0v) is 15.6. The average molecular weight is 353 g/mol. The average Bonchev–Trinajstić information content (AvgIpc) is 2.85. The van der Waals surface area contributed by atoms with Crippen molar-refractivity contribution in [1.82, 2.24) is 14.9 Å². The fourth-order valence-corrected chi connectivity index (χ4v) is 4.30. The molecule has 0 aliphatic carbocycles.